The second-order valence-corrected chi connectivity index (χ2v) is 3.26. The number of aromatic amines is 1. The molecule has 16 heavy (non-hydrogen) atoms. The molecule has 0 bridgehead atoms. The van der Waals surface area contributed by atoms with Gasteiger partial charge in [0.05, 0.1) is 0 Å². The van der Waals surface area contributed by atoms with Crippen molar-refractivity contribution in [1.29, 1.82) is 0 Å². The van der Waals surface area contributed by atoms with Gasteiger partial charge in [-0.1, -0.05) is 0 Å². The SMILES string of the molecule is FCCOc1ccc(F)cc1-c1ccc[nH]1. The van der Waals surface area contributed by atoms with E-state index in [1.807, 2.05) is 0 Å². The van der Waals surface area contributed by atoms with Gasteiger partial charge in [0.15, 0.2) is 0 Å². The molecular weight excluding hydrogens is 212 g/mol. The fraction of sp³-hybridized carbons (Fsp3) is 0.167. The molecule has 1 aromatic carbocycles. The van der Waals surface area contributed by atoms with Crippen LogP contribution in [0.5, 0.6) is 5.75 Å². The predicted molar refractivity (Wildman–Crippen MR) is 57.7 cm³/mol. The van der Waals surface area contributed by atoms with E-state index in [-0.39, 0.29) is 12.4 Å². The highest BCUT2D eigenvalue weighted by Gasteiger charge is 2.08. The number of nitrogens with one attached hydrogen (secondary N) is 1. The molecular formula is C12H11F2NO. The van der Waals surface area contributed by atoms with Crippen LogP contribution in [0.3, 0.4) is 0 Å². The average molecular weight is 223 g/mol. The maximum absolute atomic E-state index is 13.1. The lowest BCUT2D eigenvalue weighted by Crippen LogP contribution is -2.00. The van der Waals surface area contributed by atoms with Crippen molar-refractivity contribution >= 4 is 0 Å². The van der Waals surface area contributed by atoms with Crippen molar-refractivity contribution in [3.63, 3.8) is 0 Å². The van der Waals surface area contributed by atoms with Gasteiger partial charge in [0.25, 0.3) is 0 Å². The molecule has 0 fully saturated rings. The fourth-order valence-electron chi connectivity index (χ4n) is 1.48. The Kier molecular flexibility index (Phi) is 3.19. The molecule has 2 rings (SSSR count). The summed E-state index contributed by atoms with van der Waals surface area (Å²) in [7, 11) is 0. The van der Waals surface area contributed by atoms with E-state index in [4.69, 9.17) is 4.74 Å². The first-order chi connectivity index (χ1) is 7.81. The van der Waals surface area contributed by atoms with Gasteiger partial charge in [0, 0.05) is 17.5 Å². The first-order valence-electron chi connectivity index (χ1n) is 4.93. The minimum absolute atomic E-state index is 0.0284. The molecule has 0 aliphatic carbocycles. The zero-order valence-corrected chi connectivity index (χ0v) is 8.54. The number of aromatic nitrogens is 1. The van der Waals surface area contributed by atoms with E-state index < -0.39 is 6.67 Å². The second kappa shape index (κ2) is 4.79. The molecule has 2 nitrogen and oxygen atoms in total. The standard InChI is InChI=1S/C12H11F2NO/c13-5-7-16-12-4-3-9(14)8-10(12)11-2-1-6-15-11/h1-4,6,8,15H,5,7H2. The lowest BCUT2D eigenvalue weighted by Gasteiger charge is -2.09. The Morgan fingerprint density at radius 3 is 2.81 bits per heavy atom. The van der Waals surface area contributed by atoms with Crippen LogP contribution in [0.4, 0.5) is 8.78 Å². The van der Waals surface area contributed by atoms with Crippen LogP contribution < -0.4 is 4.74 Å². The first-order valence-corrected chi connectivity index (χ1v) is 4.93. The van der Waals surface area contributed by atoms with Gasteiger partial charge >= 0.3 is 0 Å². The predicted octanol–water partition coefficient (Wildman–Crippen LogP) is 3.17. The number of benzene rings is 1. The van der Waals surface area contributed by atoms with Gasteiger partial charge in [-0.05, 0) is 30.3 Å². The number of hydrogen-bond acceptors (Lipinski definition) is 1. The Balaban J connectivity index is 2.37. The summed E-state index contributed by atoms with van der Waals surface area (Å²) in [5.41, 5.74) is 1.34. The Morgan fingerprint density at radius 2 is 2.12 bits per heavy atom. The number of hydrogen-bond donors (Lipinski definition) is 1. The van der Waals surface area contributed by atoms with E-state index in [9.17, 15) is 8.78 Å². The molecule has 0 saturated heterocycles. The highest BCUT2D eigenvalue weighted by molar-refractivity contribution is 5.67. The van der Waals surface area contributed by atoms with Crippen molar-refractivity contribution in [1.82, 2.24) is 4.98 Å². The van der Waals surface area contributed by atoms with E-state index in [1.165, 1.54) is 18.2 Å². The van der Waals surface area contributed by atoms with Crippen LogP contribution in [-0.2, 0) is 0 Å². The third-order valence-electron chi connectivity index (χ3n) is 2.16. The van der Waals surface area contributed by atoms with Gasteiger partial charge in [0.1, 0.15) is 24.8 Å². The topological polar surface area (TPSA) is 25.0 Å². The molecule has 1 aromatic heterocycles. The van der Waals surface area contributed by atoms with Crippen LogP contribution in [0.25, 0.3) is 11.3 Å². The molecule has 84 valence electrons. The molecule has 1 N–H and O–H groups in total. The third-order valence-corrected chi connectivity index (χ3v) is 2.16. The number of halogens is 2. The molecule has 2 aromatic rings. The van der Waals surface area contributed by atoms with E-state index in [0.717, 1.165) is 5.69 Å². The number of H-pyrrole nitrogens is 1. The Hall–Kier alpha value is -1.84. The van der Waals surface area contributed by atoms with E-state index in [0.29, 0.717) is 11.3 Å². The van der Waals surface area contributed by atoms with E-state index >= 15 is 0 Å². The molecule has 0 saturated carbocycles. The quantitative estimate of drug-likeness (QED) is 0.846. The van der Waals surface area contributed by atoms with Crippen molar-refractivity contribution < 1.29 is 13.5 Å². The van der Waals surface area contributed by atoms with Crippen molar-refractivity contribution in [2.24, 2.45) is 0 Å². The van der Waals surface area contributed by atoms with Crippen molar-refractivity contribution in [2.75, 3.05) is 13.3 Å². The van der Waals surface area contributed by atoms with Crippen LogP contribution in [0.15, 0.2) is 36.5 Å². The maximum Gasteiger partial charge on any atom is 0.128 e. The highest BCUT2D eigenvalue weighted by atomic mass is 19.1. The zero-order chi connectivity index (χ0) is 11.4. The average Bonchev–Trinajstić information content (AvgIpc) is 2.80. The van der Waals surface area contributed by atoms with Crippen LogP contribution in [0, 0.1) is 5.82 Å². The summed E-state index contributed by atoms with van der Waals surface area (Å²) < 4.78 is 30.3. The molecule has 1 heterocycles. The summed E-state index contributed by atoms with van der Waals surface area (Å²) in [5.74, 6) is 0.124. The summed E-state index contributed by atoms with van der Waals surface area (Å²) in [4.78, 5) is 2.96. The second-order valence-electron chi connectivity index (χ2n) is 3.26. The van der Waals surface area contributed by atoms with Crippen LogP contribution >= 0.6 is 0 Å². The molecule has 0 aliphatic heterocycles. The zero-order valence-electron chi connectivity index (χ0n) is 8.54. The van der Waals surface area contributed by atoms with Gasteiger partial charge in [-0.3, -0.25) is 0 Å². The largest absolute Gasteiger partial charge is 0.490 e. The molecule has 0 spiro atoms. The summed E-state index contributed by atoms with van der Waals surface area (Å²) in [5, 5.41) is 0. The van der Waals surface area contributed by atoms with Crippen molar-refractivity contribution in [3.05, 3.63) is 42.3 Å². The monoisotopic (exact) mass is 223 g/mol. The Morgan fingerprint density at radius 1 is 1.25 bits per heavy atom. The van der Waals surface area contributed by atoms with Gasteiger partial charge in [-0.15, -0.1) is 0 Å². The molecule has 0 radical (unpaired) electrons. The normalized spacial score (nSPS) is 10.4. The van der Waals surface area contributed by atoms with Gasteiger partial charge in [0.2, 0.25) is 0 Å². The first kappa shape index (κ1) is 10.7. The Bertz CT molecular complexity index is 454. The summed E-state index contributed by atoms with van der Waals surface area (Å²) in [6.07, 6.45) is 1.74. The fourth-order valence-corrected chi connectivity index (χ4v) is 1.48. The van der Waals surface area contributed by atoms with Gasteiger partial charge in [-0.25, -0.2) is 8.78 Å². The van der Waals surface area contributed by atoms with E-state index in [1.54, 1.807) is 18.3 Å². The number of rotatable bonds is 4. The highest BCUT2D eigenvalue weighted by Crippen LogP contribution is 2.29. The maximum atomic E-state index is 13.1. The lowest BCUT2D eigenvalue weighted by molar-refractivity contribution is 0.274. The van der Waals surface area contributed by atoms with Gasteiger partial charge < -0.3 is 9.72 Å². The molecule has 0 unspecified atom stereocenters. The van der Waals surface area contributed by atoms with Crippen LogP contribution in [0.2, 0.25) is 0 Å². The number of ether oxygens (including phenoxy) is 1. The molecule has 0 amide bonds. The van der Waals surface area contributed by atoms with E-state index in [2.05, 4.69) is 4.98 Å². The lowest BCUT2D eigenvalue weighted by atomic mass is 10.1. The molecule has 0 atom stereocenters. The van der Waals surface area contributed by atoms with Crippen molar-refractivity contribution in [2.45, 2.75) is 0 Å². The molecule has 4 heteroatoms. The summed E-state index contributed by atoms with van der Waals surface area (Å²) in [6.45, 7) is -0.596. The van der Waals surface area contributed by atoms with Crippen LogP contribution in [0.1, 0.15) is 0 Å². The van der Waals surface area contributed by atoms with Gasteiger partial charge in [-0.2, -0.15) is 0 Å². The number of alkyl halides is 1. The van der Waals surface area contributed by atoms with Crippen LogP contribution in [-0.4, -0.2) is 18.3 Å². The minimum Gasteiger partial charge on any atom is -0.490 e. The Labute approximate surface area is 91.9 Å². The third kappa shape index (κ3) is 2.21. The molecule has 0 aliphatic rings. The summed E-state index contributed by atoms with van der Waals surface area (Å²) in [6, 6.07) is 7.76. The summed E-state index contributed by atoms with van der Waals surface area (Å²) >= 11 is 0. The van der Waals surface area contributed by atoms with Crippen molar-refractivity contribution in [3.8, 4) is 17.0 Å². The smallest absolute Gasteiger partial charge is 0.128 e. The minimum atomic E-state index is -0.568.